The molecule has 0 radical (unpaired) electrons. The van der Waals surface area contributed by atoms with E-state index in [2.05, 4.69) is 33.5 Å². The quantitative estimate of drug-likeness (QED) is 0.0943. The van der Waals surface area contributed by atoms with Crippen LogP contribution in [0.5, 0.6) is 0 Å². The van der Waals surface area contributed by atoms with Crippen molar-refractivity contribution in [3.05, 3.63) is 71.8 Å². The standard InChI is InChI=1S/C39H59N7O6/c1-27(2)23-32(35(48)44-31(17-11-12-20-40)37(50)46-21-18-39(41-4,19-22-46)38(51)52)45-36(49)33(24-29-13-7-5-8-14-29)43-34(47)26-42-25-28(3)30-15-9-6-10-16-30/h5-10,13-16,27-28,31-33,41-42H,11-12,17-26,40H2,1-4H3,(H,43,47)(H,44,48)(H,45,49)(H,51,52)/t28?,31?,32-,33?/m1/s1. The van der Waals surface area contributed by atoms with E-state index in [-0.39, 0.29) is 62.5 Å². The first-order valence-corrected chi connectivity index (χ1v) is 18.5. The van der Waals surface area contributed by atoms with Crippen LogP contribution in [0.3, 0.4) is 0 Å². The zero-order chi connectivity index (χ0) is 38.1. The lowest BCUT2D eigenvalue weighted by molar-refractivity contribution is -0.149. The molecule has 1 aliphatic rings. The number of aliphatic carboxylic acids is 1. The first-order valence-electron chi connectivity index (χ1n) is 18.5. The van der Waals surface area contributed by atoms with E-state index < -0.39 is 41.4 Å². The van der Waals surface area contributed by atoms with Gasteiger partial charge in [0.15, 0.2) is 0 Å². The summed E-state index contributed by atoms with van der Waals surface area (Å²) in [5.41, 5.74) is 6.61. The number of carboxylic acids is 1. The zero-order valence-electron chi connectivity index (χ0n) is 31.2. The van der Waals surface area contributed by atoms with Crippen LogP contribution >= 0.6 is 0 Å². The number of nitrogens with zero attached hydrogens (tertiary/aromatic N) is 1. The number of likely N-dealkylation sites (N-methyl/N-ethyl adjacent to an activating group) is 1. The van der Waals surface area contributed by atoms with E-state index in [1.165, 1.54) is 0 Å². The number of carbonyl (C=O) groups excluding carboxylic acids is 4. The van der Waals surface area contributed by atoms with Crippen LogP contribution in [0.2, 0.25) is 0 Å². The molecule has 1 heterocycles. The Kier molecular flexibility index (Phi) is 17.2. The number of likely N-dealkylation sites (tertiary alicyclic amines) is 1. The average Bonchev–Trinajstić information content (AvgIpc) is 3.14. The lowest BCUT2D eigenvalue weighted by Crippen LogP contribution is -2.61. The summed E-state index contributed by atoms with van der Waals surface area (Å²) in [6.07, 6.45) is 2.59. The molecule has 52 heavy (non-hydrogen) atoms. The Morgan fingerprint density at radius 2 is 1.42 bits per heavy atom. The van der Waals surface area contributed by atoms with Gasteiger partial charge in [-0.3, -0.25) is 24.0 Å². The van der Waals surface area contributed by atoms with Gasteiger partial charge in [0.25, 0.3) is 0 Å². The van der Waals surface area contributed by atoms with Crippen molar-refractivity contribution in [1.82, 2.24) is 31.5 Å². The summed E-state index contributed by atoms with van der Waals surface area (Å²) in [5.74, 6) is -2.40. The highest BCUT2D eigenvalue weighted by atomic mass is 16.4. The predicted molar refractivity (Wildman–Crippen MR) is 201 cm³/mol. The molecule has 13 nitrogen and oxygen atoms in total. The van der Waals surface area contributed by atoms with Crippen molar-refractivity contribution in [2.45, 2.75) is 95.3 Å². The summed E-state index contributed by atoms with van der Waals surface area (Å²) >= 11 is 0. The Balaban J connectivity index is 1.72. The molecule has 0 aliphatic carbocycles. The first kappa shape index (κ1) is 42.1. The molecule has 13 heteroatoms. The molecule has 3 rings (SSSR count). The molecule has 4 atom stereocenters. The van der Waals surface area contributed by atoms with E-state index in [1.54, 1.807) is 11.9 Å². The molecule has 0 saturated carbocycles. The van der Waals surface area contributed by atoms with E-state index in [0.717, 1.165) is 11.1 Å². The normalized spacial score (nSPS) is 16.3. The molecule has 1 saturated heterocycles. The maximum atomic E-state index is 13.9. The van der Waals surface area contributed by atoms with Gasteiger partial charge in [-0.1, -0.05) is 81.4 Å². The van der Waals surface area contributed by atoms with Crippen molar-refractivity contribution in [2.24, 2.45) is 11.7 Å². The number of unbranched alkanes of at least 4 members (excludes halogenated alkanes) is 1. The topological polar surface area (TPSA) is 195 Å². The molecule has 4 amide bonds. The number of carboxylic acid groups (broad SMARTS) is 1. The molecule has 1 aliphatic heterocycles. The molecule has 0 spiro atoms. The molecule has 0 aromatic heterocycles. The minimum absolute atomic E-state index is 0.0106. The SMILES string of the molecule is CNC1(C(=O)O)CCN(C(=O)C(CCCCN)NC(=O)[C@@H](CC(C)C)NC(=O)C(Cc2ccccc2)NC(=O)CNCC(C)c2ccccc2)CC1. The highest BCUT2D eigenvalue weighted by Gasteiger charge is 2.42. The van der Waals surface area contributed by atoms with Gasteiger partial charge in [-0.2, -0.15) is 0 Å². The number of rotatable bonds is 21. The van der Waals surface area contributed by atoms with Crippen molar-refractivity contribution < 1.29 is 29.1 Å². The summed E-state index contributed by atoms with van der Waals surface area (Å²) < 4.78 is 0. The van der Waals surface area contributed by atoms with E-state index in [1.807, 2.05) is 74.5 Å². The van der Waals surface area contributed by atoms with Crippen LogP contribution in [-0.2, 0) is 30.4 Å². The van der Waals surface area contributed by atoms with Gasteiger partial charge < -0.3 is 42.3 Å². The van der Waals surface area contributed by atoms with Crippen LogP contribution in [-0.4, -0.2) is 103 Å². The largest absolute Gasteiger partial charge is 0.480 e. The van der Waals surface area contributed by atoms with E-state index in [9.17, 15) is 29.1 Å². The number of benzene rings is 2. The molecular weight excluding hydrogens is 662 g/mol. The number of carbonyl (C=O) groups is 5. The molecule has 1 fully saturated rings. The fourth-order valence-corrected chi connectivity index (χ4v) is 6.50. The van der Waals surface area contributed by atoms with Gasteiger partial charge in [-0.05, 0) is 75.1 Å². The predicted octanol–water partition coefficient (Wildman–Crippen LogP) is 1.92. The lowest BCUT2D eigenvalue weighted by Gasteiger charge is -2.40. The van der Waals surface area contributed by atoms with Gasteiger partial charge >= 0.3 is 5.97 Å². The Morgan fingerprint density at radius 3 is 2.00 bits per heavy atom. The summed E-state index contributed by atoms with van der Waals surface area (Å²) in [4.78, 5) is 68.2. The van der Waals surface area contributed by atoms with Crippen molar-refractivity contribution in [3.63, 3.8) is 0 Å². The smallest absolute Gasteiger partial charge is 0.324 e. The molecule has 2 aromatic carbocycles. The zero-order valence-corrected chi connectivity index (χ0v) is 31.2. The highest BCUT2D eigenvalue weighted by Crippen LogP contribution is 2.23. The van der Waals surface area contributed by atoms with E-state index >= 15 is 0 Å². The fourth-order valence-electron chi connectivity index (χ4n) is 6.50. The Bertz CT molecular complexity index is 1430. The second-order valence-electron chi connectivity index (χ2n) is 14.3. The minimum Gasteiger partial charge on any atom is -0.480 e. The Labute approximate surface area is 308 Å². The Morgan fingerprint density at radius 1 is 0.827 bits per heavy atom. The van der Waals surface area contributed by atoms with Crippen molar-refractivity contribution >= 4 is 29.6 Å². The second-order valence-corrected chi connectivity index (χ2v) is 14.3. The van der Waals surface area contributed by atoms with Gasteiger partial charge in [0.1, 0.15) is 23.7 Å². The maximum absolute atomic E-state index is 13.9. The van der Waals surface area contributed by atoms with Gasteiger partial charge in [-0.15, -0.1) is 0 Å². The van der Waals surface area contributed by atoms with Gasteiger partial charge in [0.05, 0.1) is 6.54 Å². The third kappa shape index (κ3) is 13.0. The molecule has 0 bridgehead atoms. The van der Waals surface area contributed by atoms with Crippen LogP contribution in [0.1, 0.15) is 76.3 Å². The number of nitrogens with two attached hydrogens (primary N) is 1. The second kappa shape index (κ2) is 21.3. The van der Waals surface area contributed by atoms with Crippen LogP contribution < -0.4 is 32.3 Å². The molecule has 3 unspecified atom stereocenters. The number of nitrogens with one attached hydrogen (secondary N) is 5. The molecular formula is C39H59N7O6. The van der Waals surface area contributed by atoms with Crippen LogP contribution in [0.4, 0.5) is 0 Å². The Hall–Kier alpha value is -4.33. The number of hydrogen-bond acceptors (Lipinski definition) is 8. The van der Waals surface area contributed by atoms with Gasteiger partial charge in [0.2, 0.25) is 23.6 Å². The van der Waals surface area contributed by atoms with Crippen molar-refractivity contribution in [3.8, 4) is 0 Å². The monoisotopic (exact) mass is 721 g/mol. The van der Waals surface area contributed by atoms with Crippen molar-refractivity contribution in [1.29, 1.82) is 0 Å². The van der Waals surface area contributed by atoms with Crippen molar-refractivity contribution in [2.75, 3.05) is 39.8 Å². The fraction of sp³-hybridized carbons (Fsp3) is 0.564. The minimum atomic E-state index is -1.11. The van der Waals surface area contributed by atoms with Crippen LogP contribution in [0.25, 0.3) is 0 Å². The molecule has 2 aromatic rings. The summed E-state index contributed by atoms with van der Waals surface area (Å²) in [5, 5.41) is 24.5. The maximum Gasteiger partial charge on any atom is 0.324 e. The molecule has 8 N–H and O–H groups in total. The average molecular weight is 722 g/mol. The molecule has 286 valence electrons. The third-order valence-corrected chi connectivity index (χ3v) is 9.76. The van der Waals surface area contributed by atoms with E-state index in [4.69, 9.17) is 5.73 Å². The van der Waals surface area contributed by atoms with Gasteiger partial charge in [-0.25, -0.2) is 0 Å². The van der Waals surface area contributed by atoms with E-state index in [0.29, 0.717) is 38.8 Å². The summed E-state index contributed by atoms with van der Waals surface area (Å²) in [7, 11) is 1.60. The highest BCUT2D eigenvalue weighted by molar-refractivity contribution is 5.94. The third-order valence-electron chi connectivity index (χ3n) is 9.76. The van der Waals surface area contributed by atoms with Gasteiger partial charge in [0, 0.05) is 26.1 Å². The number of piperidine rings is 1. The lowest BCUT2D eigenvalue weighted by atomic mass is 9.87. The summed E-state index contributed by atoms with van der Waals surface area (Å²) in [6.45, 7) is 7.41. The van der Waals surface area contributed by atoms with Crippen LogP contribution in [0, 0.1) is 5.92 Å². The first-order chi connectivity index (χ1) is 24.9. The summed E-state index contributed by atoms with van der Waals surface area (Å²) in [6, 6.07) is 16.5. The number of amides is 4. The van der Waals surface area contributed by atoms with Crippen LogP contribution in [0.15, 0.2) is 60.7 Å². The number of hydrogen-bond donors (Lipinski definition) is 7.